The van der Waals surface area contributed by atoms with Crippen LogP contribution in [-0.4, -0.2) is 25.3 Å². The zero-order valence-electron chi connectivity index (χ0n) is 9.65. The van der Waals surface area contributed by atoms with Crippen LogP contribution in [0.3, 0.4) is 0 Å². The highest BCUT2D eigenvalue weighted by Gasteiger charge is 1.88. The molecule has 0 aromatic carbocycles. The first-order chi connectivity index (χ1) is 5.77. The smallest absolute Gasteiger partial charge is 0.0319 e. The monoisotopic (exact) mass is 177 g/mol. The van der Waals surface area contributed by atoms with E-state index in [0.717, 1.165) is 26.1 Å². The first-order valence-corrected chi connectivity index (χ1v) is 4.92. The molecule has 0 radical (unpaired) electrons. The van der Waals surface area contributed by atoms with Crippen molar-refractivity contribution in [3.63, 3.8) is 0 Å². The lowest BCUT2D eigenvalue weighted by atomic mass is 10.2. The van der Waals surface area contributed by atoms with Crippen molar-refractivity contribution >= 4 is 0 Å². The number of rotatable bonds is 4. The molecule has 0 fully saturated rings. The van der Waals surface area contributed by atoms with Crippen LogP contribution in [0.2, 0.25) is 0 Å². The Morgan fingerprint density at radius 3 is 1.83 bits per heavy atom. The third-order valence-corrected chi connectivity index (χ3v) is 0.979. The maximum atomic E-state index is 7.00. The minimum atomic E-state index is 0.793. The van der Waals surface area contributed by atoms with Gasteiger partial charge in [0.15, 0.2) is 0 Å². The maximum Gasteiger partial charge on any atom is 0.0319 e. The van der Waals surface area contributed by atoms with Gasteiger partial charge in [-0.25, -0.2) is 0 Å². The quantitative estimate of drug-likeness (QED) is 0.646. The van der Waals surface area contributed by atoms with Gasteiger partial charge >= 0.3 is 0 Å². The third-order valence-electron chi connectivity index (χ3n) is 0.979. The van der Waals surface area contributed by atoms with Crippen LogP contribution in [0, 0.1) is 5.92 Å². The lowest BCUT2D eigenvalue weighted by Crippen LogP contribution is -2.19. The summed E-state index contributed by atoms with van der Waals surface area (Å²) in [4.78, 5) is 0. The van der Waals surface area contributed by atoms with Gasteiger partial charge in [-0.1, -0.05) is 34.6 Å². The molecule has 0 atom stereocenters. The second kappa shape index (κ2) is 22.4. The molecule has 0 spiro atoms. The van der Waals surface area contributed by atoms with E-state index in [9.17, 15) is 0 Å². The number of aliphatic hydroxyl groups excluding tert-OH is 1. The minimum absolute atomic E-state index is 0.793. The third kappa shape index (κ3) is 32.6. The minimum Gasteiger partial charge on any atom is -0.400 e. The SMILES string of the molecule is CC.CCCNCC(C)C.CO. The van der Waals surface area contributed by atoms with Gasteiger partial charge in [0.1, 0.15) is 0 Å². The highest BCUT2D eigenvalue weighted by atomic mass is 16.2. The Bertz CT molecular complexity index is 47.1. The summed E-state index contributed by atoms with van der Waals surface area (Å²) in [6.07, 6.45) is 1.24. The highest BCUT2D eigenvalue weighted by Crippen LogP contribution is 1.86. The van der Waals surface area contributed by atoms with Crippen molar-refractivity contribution in [2.24, 2.45) is 5.92 Å². The normalized spacial score (nSPS) is 8.00. The molecule has 0 aromatic rings. The van der Waals surface area contributed by atoms with E-state index >= 15 is 0 Å². The Hall–Kier alpha value is -0.0800. The molecule has 0 saturated heterocycles. The van der Waals surface area contributed by atoms with Gasteiger partial charge in [0.05, 0.1) is 0 Å². The van der Waals surface area contributed by atoms with Gasteiger partial charge in [0, 0.05) is 7.11 Å². The molecule has 0 aliphatic rings. The van der Waals surface area contributed by atoms with E-state index in [1.807, 2.05) is 13.8 Å². The Labute approximate surface area is 78.4 Å². The van der Waals surface area contributed by atoms with Crippen LogP contribution < -0.4 is 5.32 Å². The molecule has 0 bridgehead atoms. The molecule has 0 aromatic heterocycles. The first-order valence-electron chi connectivity index (χ1n) is 4.92. The van der Waals surface area contributed by atoms with Crippen molar-refractivity contribution in [3.05, 3.63) is 0 Å². The van der Waals surface area contributed by atoms with Crippen molar-refractivity contribution in [2.75, 3.05) is 20.2 Å². The first kappa shape index (κ1) is 17.9. The molecular weight excluding hydrogens is 150 g/mol. The Kier molecular flexibility index (Phi) is 33.4. The van der Waals surface area contributed by atoms with Crippen molar-refractivity contribution < 1.29 is 5.11 Å². The second-order valence-corrected chi connectivity index (χ2v) is 2.60. The van der Waals surface area contributed by atoms with Gasteiger partial charge in [-0.2, -0.15) is 0 Å². The van der Waals surface area contributed by atoms with Crippen LogP contribution in [0.25, 0.3) is 0 Å². The molecule has 0 rings (SSSR count). The standard InChI is InChI=1S/C7H17N.C2H6.CH4O/c1-4-5-8-6-7(2)3;2*1-2/h7-8H,4-6H2,1-3H3;1-2H3;2H,1H3. The summed E-state index contributed by atoms with van der Waals surface area (Å²) in [5.74, 6) is 0.793. The van der Waals surface area contributed by atoms with Gasteiger partial charge in [0.2, 0.25) is 0 Å². The van der Waals surface area contributed by atoms with Crippen LogP contribution in [0.15, 0.2) is 0 Å². The van der Waals surface area contributed by atoms with Crippen molar-refractivity contribution in [2.45, 2.75) is 41.0 Å². The second-order valence-electron chi connectivity index (χ2n) is 2.60. The number of aliphatic hydroxyl groups is 1. The topological polar surface area (TPSA) is 32.3 Å². The van der Waals surface area contributed by atoms with Gasteiger partial charge < -0.3 is 10.4 Å². The summed E-state index contributed by atoms with van der Waals surface area (Å²) in [5.41, 5.74) is 0. The lowest BCUT2D eigenvalue weighted by molar-refractivity contribution is 0.399. The number of hydrogen-bond donors (Lipinski definition) is 2. The Morgan fingerprint density at radius 2 is 1.58 bits per heavy atom. The molecule has 2 nitrogen and oxygen atoms in total. The summed E-state index contributed by atoms with van der Waals surface area (Å²) < 4.78 is 0. The van der Waals surface area contributed by atoms with Crippen LogP contribution >= 0.6 is 0 Å². The van der Waals surface area contributed by atoms with Crippen LogP contribution in [0.5, 0.6) is 0 Å². The van der Waals surface area contributed by atoms with Crippen LogP contribution in [0.1, 0.15) is 41.0 Å². The Morgan fingerprint density at radius 1 is 1.17 bits per heavy atom. The average molecular weight is 177 g/mol. The van der Waals surface area contributed by atoms with Gasteiger partial charge in [0.25, 0.3) is 0 Å². The number of hydrogen-bond acceptors (Lipinski definition) is 2. The number of nitrogens with one attached hydrogen (secondary N) is 1. The molecule has 2 heteroatoms. The molecule has 0 heterocycles. The van der Waals surface area contributed by atoms with Gasteiger partial charge in [-0.05, 0) is 25.4 Å². The van der Waals surface area contributed by atoms with Crippen molar-refractivity contribution in [1.82, 2.24) is 5.32 Å². The zero-order chi connectivity index (χ0) is 10.4. The lowest BCUT2D eigenvalue weighted by Gasteiger charge is -2.03. The summed E-state index contributed by atoms with van der Waals surface area (Å²) in [6.45, 7) is 13.0. The fourth-order valence-electron chi connectivity index (χ4n) is 0.568. The van der Waals surface area contributed by atoms with E-state index in [4.69, 9.17) is 5.11 Å². The van der Waals surface area contributed by atoms with Gasteiger partial charge in [-0.15, -0.1) is 0 Å². The van der Waals surface area contributed by atoms with Gasteiger partial charge in [-0.3, -0.25) is 0 Å². The van der Waals surface area contributed by atoms with E-state index in [1.54, 1.807) is 0 Å². The summed E-state index contributed by atoms with van der Waals surface area (Å²) in [5, 5.41) is 10.3. The maximum absolute atomic E-state index is 7.00. The highest BCUT2D eigenvalue weighted by molar-refractivity contribution is 4.48. The Balaban J connectivity index is -0.000000175. The molecule has 0 aliphatic carbocycles. The molecule has 78 valence electrons. The van der Waals surface area contributed by atoms with E-state index in [2.05, 4.69) is 26.1 Å². The van der Waals surface area contributed by atoms with E-state index in [1.165, 1.54) is 6.42 Å². The fraction of sp³-hybridized carbons (Fsp3) is 1.00. The molecule has 0 amide bonds. The molecule has 0 aliphatic heterocycles. The molecule has 0 saturated carbocycles. The van der Waals surface area contributed by atoms with Crippen LogP contribution in [0.4, 0.5) is 0 Å². The van der Waals surface area contributed by atoms with E-state index in [0.29, 0.717) is 0 Å². The van der Waals surface area contributed by atoms with Crippen molar-refractivity contribution in [3.8, 4) is 0 Å². The summed E-state index contributed by atoms with van der Waals surface area (Å²) in [6, 6.07) is 0. The largest absolute Gasteiger partial charge is 0.400 e. The average Bonchev–Trinajstić information content (AvgIpc) is 2.12. The molecular formula is C10H27NO. The van der Waals surface area contributed by atoms with Crippen LogP contribution in [-0.2, 0) is 0 Å². The molecule has 2 N–H and O–H groups in total. The summed E-state index contributed by atoms with van der Waals surface area (Å²) in [7, 11) is 1.00. The van der Waals surface area contributed by atoms with Crippen molar-refractivity contribution in [1.29, 1.82) is 0 Å². The predicted molar refractivity (Wildman–Crippen MR) is 57.5 cm³/mol. The molecule has 12 heavy (non-hydrogen) atoms. The van der Waals surface area contributed by atoms with E-state index < -0.39 is 0 Å². The fourth-order valence-corrected chi connectivity index (χ4v) is 0.568. The predicted octanol–water partition coefficient (Wildman–Crippen LogP) is 2.28. The summed E-state index contributed by atoms with van der Waals surface area (Å²) >= 11 is 0. The van der Waals surface area contributed by atoms with E-state index in [-0.39, 0.29) is 0 Å². The molecule has 0 unspecified atom stereocenters. The zero-order valence-corrected chi connectivity index (χ0v) is 9.65.